The van der Waals surface area contributed by atoms with Gasteiger partial charge in [0.2, 0.25) is 0 Å². The minimum absolute atomic E-state index is 0.154. The van der Waals surface area contributed by atoms with E-state index in [9.17, 15) is 4.79 Å². The number of thioether (sulfide) groups is 1. The van der Waals surface area contributed by atoms with Gasteiger partial charge >= 0.3 is 0 Å². The number of aliphatic imine (C=N–C) groups is 1. The SMILES string of the molecule is O=C1N=C(N2CCOCC2)S/C1=C/c1c2ccccc2cc2ccccc12. The molecule has 4 nitrogen and oxygen atoms in total. The molecule has 0 aromatic heterocycles. The summed E-state index contributed by atoms with van der Waals surface area (Å²) in [5.41, 5.74) is 1.08. The highest BCUT2D eigenvalue weighted by Gasteiger charge is 2.27. The quantitative estimate of drug-likeness (QED) is 0.471. The third-order valence-corrected chi connectivity index (χ3v) is 6.02. The number of ether oxygens (including phenoxy) is 1. The fraction of sp³-hybridized carbons (Fsp3) is 0.182. The van der Waals surface area contributed by atoms with Crippen LogP contribution < -0.4 is 0 Å². The zero-order valence-corrected chi connectivity index (χ0v) is 15.5. The van der Waals surface area contributed by atoms with Crippen LogP contribution in [0.25, 0.3) is 27.6 Å². The molecule has 3 aromatic carbocycles. The topological polar surface area (TPSA) is 41.9 Å². The van der Waals surface area contributed by atoms with Gasteiger partial charge in [-0.1, -0.05) is 48.5 Å². The molecule has 0 radical (unpaired) electrons. The normalized spacial score (nSPS) is 19.3. The molecule has 2 heterocycles. The number of fused-ring (bicyclic) bond motifs is 2. The van der Waals surface area contributed by atoms with E-state index >= 15 is 0 Å². The summed E-state index contributed by atoms with van der Waals surface area (Å²) in [6.45, 7) is 2.93. The Morgan fingerprint density at radius 2 is 1.59 bits per heavy atom. The molecular weight excluding hydrogens is 356 g/mol. The minimum atomic E-state index is -0.154. The molecule has 3 aromatic rings. The molecule has 0 atom stereocenters. The van der Waals surface area contributed by atoms with Gasteiger partial charge in [-0.3, -0.25) is 4.79 Å². The molecule has 5 rings (SSSR count). The van der Waals surface area contributed by atoms with Crippen LogP contribution in [0.1, 0.15) is 5.56 Å². The van der Waals surface area contributed by atoms with Gasteiger partial charge in [-0.25, -0.2) is 0 Å². The Bertz CT molecular complexity index is 1060. The molecule has 2 aliphatic rings. The first-order valence-electron chi connectivity index (χ1n) is 9.05. The number of hydrogen-bond acceptors (Lipinski definition) is 4. The highest BCUT2D eigenvalue weighted by Crippen LogP contribution is 2.35. The molecule has 5 heteroatoms. The first-order valence-corrected chi connectivity index (χ1v) is 9.87. The minimum Gasteiger partial charge on any atom is -0.378 e. The molecule has 0 spiro atoms. The molecule has 0 aliphatic carbocycles. The van der Waals surface area contributed by atoms with E-state index in [1.807, 2.05) is 30.3 Å². The molecule has 0 saturated carbocycles. The van der Waals surface area contributed by atoms with E-state index in [0.717, 1.165) is 34.6 Å². The Balaban J connectivity index is 1.60. The molecule has 134 valence electrons. The number of hydrogen-bond donors (Lipinski definition) is 0. The number of benzene rings is 3. The number of carbonyl (C=O) groups is 1. The van der Waals surface area contributed by atoms with Crippen molar-refractivity contribution in [3.05, 3.63) is 65.1 Å². The standard InChI is InChI=1S/C22H18N2O2S/c25-21-20(27-22(23-21)24-9-11-26-12-10-24)14-19-17-7-3-1-5-15(17)13-16-6-2-4-8-18(16)19/h1-8,13-14H,9-12H2/b20-14+. The average Bonchev–Trinajstić information content (AvgIpc) is 3.09. The highest BCUT2D eigenvalue weighted by molar-refractivity contribution is 8.18. The van der Waals surface area contributed by atoms with Gasteiger partial charge in [0.15, 0.2) is 5.17 Å². The van der Waals surface area contributed by atoms with E-state index < -0.39 is 0 Å². The summed E-state index contributed by atoms with van der Waals surface area (Å²) in [6.07, 6.45) is 2.01. The maximum Gasteiger partial charge on any atom is 0.286 e. The lowest BCUT2D eigenvalue weighted by molar-refractivity contribution is -0.113. The van der Waals surface area contributed by atoms with Crippen molar-refractivity contribution in [2.24, 2.45) is 4.99 Å². The van der Waals surface area contributed by atoms with Crippen LogP contribution in [0.4, 0.5) is 0 Å². The lowest BCUT2D eigenvalue weighted by atomic mass is 9.96. The second-order valence-electron chi connectivity index (χ2n) is 6.64. The van der Waals surface area contributed by atoms with Crippen LogP contribution in [0.3, 0.4) is 0 Å². The van der Waals surface area contributed by atoms with Crippen molar-refractivity contribution >= 4 is 50.5 Å². The second kappa shape index (κ2) is 6.83. The summed E-state index contributed by atoms with van der Waals surface area (Å²) in [7, 11) is 0. The van der Waals surface area contributed by atoms with Gasteiger partial charge in [0, 0.05) is 13.1 Å². The van der Waals surface area contributed by atoms with Gasteiger partial charge in [0.1, 0.15) is 0 Å². The van der Waals surface area contributed by atoms with Crippen molar-refractivity contribution in [2.75, 3.05) is 26.3 Å². The van der Waals surface area contributed by atoms with E-state index in [-0.39, 0.29) is 5.91 Å². The van der Waals surface area contributed by atoms with Gasteiger partial charge in [-0.05, 0) is 51.0 Å². The van der Waals surface area contributed by atoms with Crippen LogP contribution >= 0.6 is 11.8 Å². The van der Waals surface area contributed by atoms with Gasteiger partial charge in [-0.2, -0.15) is 4.99 Å². The molecule has 2 aliphatic heterocycles. The van der Waals surface area contributed by atoms with E-state index in [1.54, 1.807) is 0 Å². The Labute approximate surface area is 161 Å². The maximum absolute atomic E-state index is 12.6. The van der Waals surface area contributed by atoms with E-state index in [0.29, 0.717) is 18.1 Å². The van der Waals surface area contributed by atoms with Crippen molar-refractivity contribution in [2.45, 2.75) is 0 Å². The molecule has 0 unspecified atom stereocenters. The van der Waals surface area contributed by atoms with Crippen molar-refractivity contribution in [1.29, 1.82) is 0 Å². The Morgan fingerprint density at radius 3 is 2.26 bits per heavy atom. The van der Waals surface area contributed by atoms with Crippen LogP contribution in [-0.4, -0.2) is 42.3 Å². The van der Waals surface area contributed by atoms with E-state index in [1.165, 1.54) is 22.5 Å². The maximum atomic E-state index is 12.6. The molecular formula is C22H18N2O2S. The van der Waals surface area contributed by atoms with Crippen LogP contribution in [0.15, 0.2) is 64.5 Å². The Kier molecular flexibility index (Phi) is 4.19. The van der Waals surface area contributed by atoms with Crippen LogP contribution in [0, 0.1) is 0 Å². The van der Waals surface area contributed by atoms with Gasteiger partial charge in [0.05, 0.1) is 18.1 Å². The fourth-order valence-electron chi connectivity index (χ4n) is 3.62. The molecule has 1 fully saturated rings. The first kappa shape index (κ1) is 16.5. The lowest BCUT2D eigenvalue weighted by Crippen LogP contribution is -2.38. The fourth-order valence-corrected chi connectivity index (χ4v) is 4.57. The summed E-state index contributed by atoms with van der Waals surface area (Å²) >= 11 is 1.47. The third-order valence-electron chi connectivity index (χ3n) is 4.98. The summed E-state index contributed by atoms with van der Waals surface area (Å²) in [5, 5.41) is 5.44. The second-order valence-corrected chi connectivity index (χ2v) is 7.65. The van der Waals surface area contributed by atoms with Crippen molar-refractivity contribution in [3.63, 3.8) is 0 Å². The van der Waals surface area contributed by atoms with Crippen LogP contribution in [0.5, 0.6) is 0 Å². The predicted molar refractivity (Wildman–Crippen MR) is 112 cm³/mol. The number of amides is 1. The molecule has 1 saturated heterocycles. The number of carbonyl (C=O) groups excluding carboxylic acids is 1. The lowest BCUT2D eigenvalue weighted by Gasteiger charge is -2.27. The van der Waals surface area contributed by atoms with Crippen LogP contribution in [0.2, 0.25) is 0 Å². The number of nitrogens with zero attached hydrogens (tertiary/aromatic N) is 2. The zero-order chi connectivity index (χ0) is 18.2. The van der Waals surface area contributed by atoms with E-state index in [4.69, 9.17) is 4.74 Å². The van der Waals surface area contributed by atoms with Crippen LogP contribution in [-0.2, 0) is 9.53 Å². The molecule has 1 amide bonds. The molecule has 0 bridgehead atoms. The zero-order valence-electron chi connectivity index (χ0n) is 14.7. The number of rotatable bonds is 1. The summed E-state index contributed by atoms with van der Waals surface area (Å²) in [4.78, 5) is 19.7. The number of morpholine rings is 1. The van der Waals surface area contributed by atoms with E-state index in [2.05, 4.69) is 40.2 Å². The molecule has 27 heavy (non-hydrogen) atoms. The van der Waals surface area contributed by atoms with Gasteiger partial charge in [0.25, 0.3) is 5.91 Å². The van der Waals surface area contributed by atoms with Gasteiger partial charge < -0.3 is 9.64 Å². The summed E-state index contributed by atoms with van der Waals surface area (Å²) in [5.74, 6) is -0.154. The largest absolute Gasteiger partial charge is 0.378 e. The Hall–Kier alpha value is -2.63. The summed E-state index contributed by atoms with van der Waals surface area (Å²) < 4.78 is 5.40. The number of amidine groups is 1. The van der Waals surface area contributed by atoms with Crippen molar-refractivity contribution < 1.29 is 9.53 Å². The Morgan fingerprint density at radius 1 is 0.963 bits per heavy atom. The smallest absolute Gasteiger partial charge is 0.286 e. The van der Waals surface area contributed by atoms with Gasteiger partial charge in [-0.15, -0.1) is 0 Å². The predicted octanol–water partition coefficient (Wildman–Crippen LogP) is 4.30. The average molecular weight is 374 g/mol. The van der Waals surface area contributed by atoms with Crippen molar-refractivity contribution in [3.8, 4) is 0 Å². The summed E-state index contributed by atoms with van der Waals surface area (Å²) in [6, 6.07) is 18.8. The first-order chi connectivity index (χ1) is 13.3. The third kappa shape index (κ3) is 3.03. The van der Waals surface area contributed by atoms with Crippen molar-refractivity contribution in [1.82, 2.24) is 4.90 Å². The monoisotopic (exact) mass is 374 g/mol. The molecule has 0 N–H and O–H groups in total. The highest BCUT2D eigenvalue weighted by atomic mass is 32.2.